The van der Waals surface area contributed by atoms with Crippen LogP contribution in [0.15, 0.2) is 17.3 Å². The zero-order chi connectivity index (χ0) is 18.0. The van der Waals surface area contributed by atoms with Crippen molar-refractivity contribution in [2.24, 2.45) is 0 Å². The smallest absolute Gasteiger partial charge is 0.166 e. The molecular weight excluding hydrogens is 332 g/mol. The van der Waals surface area contributed by atoms with Crippen molar-refractivity contribution >= 4 is 22.8 Å². The molecule has 0 bridgehead atoms. The van der Waals surface area contributed by atoms with Crippen LogP contribution >= 0.6 is 11.8 Å². The third-order valence-corrected chi connectivity index (χ3v) is 6.10. The summed E-state index contributed by atoms with van der Waals surface area (Å²) in [5.74, 6) is 0.649. The van der Waals surface area contributed by atoms with E-state index in [2.05, 4.69) is 43.6 Å². The average Bonchev–Trinajstić information content (AvgIpc) is 3.19. The number of thioether (sulfide) groups is 1. The van der Waals surface area contributed by atoms with Crippen LogP contribution in [0, 0.1) is 11.3 Å². The molecule has 0 amide bonds. The number of benzene rings is 1. The molecule has 0 radical (unpaired) electrons. The first-order chi connectivity index (χ1) is 11.9. The summed E-state index contributed by atoms with van der Waals surface area (Å²) in [5.41, 5.74) is 2.31. The maximum Gasteiger partial charge on any atom is 0.166 e. The topological polar surface area (TPSA) is 64.9 Å². The number of rotatable bonds is 6. The molecule has 2 aromatic rings. The van der Waals surface area contributed by atoms with Gasteiger partial charge in [-0.3, -0.25) is 4.90 Å². The SMILES string of the molecule is CCN1CCC(Oc2cc3nc(SC(C)(C)CC)[nH]c3cc2C#N)C1. The number of ether oxygens (including phenoxy) is 1. The monoisotopic (exact) mass is 358 g/mol. The molecule has 0 saturated carbocycles. The Hall–Kier alpha value is -1.71. The predicted molar refractivity (Wildman–Crippen MR) is 102 cm³/mol. The normalized spacial score (nSPS) is 18.6. The van der Waals surface area contributed by atoms with E-state index in [0.717, 1.165) is 48.7 Å². The van der Waals surface area contributed by atoms with Crippen molar-refractivity contribution in [3.8, 4) is 11.8 Å². The van der Waals surface area contributed by atoms with Crippen LogP contribution < -0.4 is 4.74 Å². The maximum absolute atomic E-state index is 9.50. The van der Waals surface area contributed by atoms with Gasteiger partial charge in [-0.2, -0.15) is 5.26 Å². The second-order valence-corrected chi connectivity index (χ2v) is 8.85. The standard InChI is InChI=1S/C19H26N4OS/c1-5-19(3,4)25-18-21-15-9-13(11-20)17(10-16(15)22-18)24-14-7-8-23(6-2)12-14/h9-10,14H,5-8,12H2,1-4H3,(H,21,22). The summed E-state index contributed by atoms with van der Waals surface area (Å²) in [6, 6.07) is 6.02. The molecule has 0 aliphatic carbocycles. The first-order valence-corrected chi connectivity index (χ1v) is 9.77. The maximum atomic E-state index is 9.50. The molecule has 1 aromatic carbocycles. The van der Waals surface area contributed by atoms with Gasteiger partial charge in [0.25, 0.3) is 0 Å². The molecule has 1 aliphatic heterocycles. The zero-order valence-corrected chi connectivity index (χ0v) is 16.2. The van der Waals surface area contributed by atoms with Crippen molar-refractivity contribution in [3.05, 3.63) is 17.7 Å². The fourth-order valence-corrected chi connectivity index (χ4v) is 3.91. The van der Waals surface area contributed by atoms with Crippen LogP contribution in [0.25, 0.3) is 11.0 Å². The number of aromatic amines is 1. The number of nitrogens with one attached hydrogen (secondary N) is 1. The number of hydrogen-bond acceptors (Lipinski definition) is 5. The van der Waals surface area contributed by atoms with Gasteiger partial charge in [0.1, 0.15) is 17.9 Å². The molecule has 2 heterocycles. The van der Waals surface area contributed by atoms with Crippen LogP contribution in [0.4, 0.5) is 0 Å². The highest BCUT2D eigenvalue weighted by atomic mass is 32.2. The first kappa shape index (κ1) is 18.1. The Morgan fingerprint density at radius 2 is 2.24 bits per heavy atom. The number of likely N-dealkylation sites (tertiary alicyclic amines) is 1. The summed E-state index contributed by atoms with van der Waals surface area (Å²) in [6.07, 6.45) is 2.21. The van der Waals surface area contributed by atoms with Crippen molar-refractivity contribution in [2.45, 2.75) is 56.5 Å². The summed E-state index contributed by atoms with van der Waals surface area (Å²) in [6.45, 7) is 11.8. The molecule has 25 heavy (non-hydrogen) atoms. The van der Waals surface area contributed by atoms with Crippen LogP contribution in [0.1, 0.15) is 46.1 Å². The lowest BCUT2D eigenvalue weighted by molar-refractivity contribution is 0.202. The molecule has 5 nitrogen and oxygen atoms in total. The van der Waals surface area contributed by atoms with E-state index in [1.165, 1.54) is 0 Å². The van der Waals surface area contributed by atoms with Crippen molar-refractivity contribution in [1.82, 2.24) is 14.9 Å². The minimum atomic E-state index is 0.124. The Morgan fingerprint density at radius 1 is 1.44 bits per heavy atom. The predicted octanol–water partition coefficient (Wildman–Crippen LogP) is 4.19. The number of nitriles is 1. The van der Waals surface area contributed by atoms with Gasteiger partial charge in [-0.05, 0) is 25.5 Å². The third-order valence-electron chi connectivity index (χ3n) is 4.88. The van der Waals surface area contributed by atoms with Gasteiger partial charge in [-0.15, -0.1) is 0 Å². The highest BCUT2D eigenvalue weighted by Crippen LogP contribution is 2.35. The van der Waals surface area contributed by atoms with E-state index < -0.39 is 0 Å². The molecule has 1 N–H and O–H groups in total. The van der Waals surface area contributed by atoms with Gasteiger partial charge in [-0.25, -0.2) is 4.98 Å². The van der Waals surface area contributed by atoms with E-state index >= 15 is 0 Å². The van der Waals surface area contributed by atoms with Crippen LogP contribution in [0.3, 0.4) is 0 Å². The second-order valence-electron chi connectivity index (χ2n) is 7.16. The Bertz CT molecular complexity index is 793. The first-order valence-electron chi connectivity index (χ1n) is 8.96. The quantitative estimate of drug-likeness (QED) is 0.785. The Balaban J connectivity index is 1.85. The fraction of sp³-hybridized carbons (Fsp3) is 0.579. The van der Waals surface area contributed by atoms with Crippen LogP contribution in [-0.4, -0.2) is 45.4 Å². The van der Waals surface area contributed by atoms with E-state index in [4.69, 9.17) is 9.72 Å². The van der Waals surface area contributed by atoms with E-state index in [9.17, 15) is 5.26 Å². The number of nitrogens with zero attached hydrogens (tertiary/aromatic N) is 3. The molecule has 6 heteroatoms. The fourth-order valence-electron chi connectivity index (χ4n) is 2.94. The average molecular weight is 359 g/mol. The summed E-state index contributed by atoms with van der Waals surface area (Å²) in [5, 5.41) is 10.4. The Labute approximate surface area is 153 Å². The summed E-state index contributed by atoms with van der Waals surface area (Å²) < 4.78 is 6.27. The highest BCUT2D eigenvalue weighted by Gasteiger charge is 2.24. The molecule has 1 atom stereocenters. The van der Waals surface area contributed by atoms with Gasteiger partial charge >= 0.3 is 0 Å². The molecule has 3 rings (SSSR count). The molecule has 1 unspecified atom stereocenters. The second kappa shape index (κ2) is 7.27. The number of aromatic nitrogens is 2. The lowest BCUT2D eigenvalue weighted by Crippen LogP contribution is -2.24. The summed E-state index contributed by atoms with van der Waals surface area (Å²) in [4.78, 5) is 10.4. The lowest BCUT2D eigenvalue weighted by atomic mass is 10.1. The molecule has 1 aliphatic rings. The van der Waals surface area contributed by atoms with E-state index in [0.29, 0.717) is 11.3 Å². The van der Waals surface area contributed by atoms with E-state index in [1.54, 1.807) is 11.8 Å². The summed E-state index contributed by atoms with van der Waals surface area (Å²) in [7, 11) is 0. The minimum absolute atomic E-state index is 0.124. The Kier molecular flexibility index (Phi) is 5.26. The van der Waals surface area contributed by atoms with Gasteiger partial charge in [0.05, 0.1) is 16.6 Å². The number of hydrogen-bond donors (Lipinski definition) is 1. The van der Waals surface area contributed by atoms with Crippen molar-refractivity contribution in [2.75, 3.05) is 19.6 Å². The number of imidazole rings is 1. The van der Waals surface area contributed by atoms with Crippen molar-refractivity contribution < 1.29 is 4.74 Å². The van der Waals surface area contributed by atoms with E-state index in [-0.39, 0.29) is 10.9 Å². The van der Waals surface area contributed by atoms with Gasteiger partial charge in [-0.1, -0.05) is 39.5 Å². The Morgan fingerprint density at radius 3 is 2.88 bits per heavy atom. The van der Waals surface area contributed by atoms with Gasteiger partial charge in [0.15, 0.2) is 5.16 Å². The van der Waals surface area contributed by atoms with Crippen LogP contribution in [0.5, 0.6) is 5.75 Å². The van der Waals surface area contributed by atoms with Crippen LogP contribution in [0.2, 0.25) is 0 Å². The molecule has 134 valence electrons. The zero-order valence-electron chi connectivity index (χ0n) is 15.4. The number of likely N-dealkylation sites (N-methyl/N-ethyl adjacent to an activating group) is 1. The number of fused-ring (bicyclic) bond motifs is 1. The molecule has 1 fully saturated rings. The van der Waals surface area contributed by atoms with Gasteiger partial charge < -0.3 is 9.72 Å². The third kappa shape index (κ3) is 4.10. The van der Waals surface area contributed by atoms with Crippen molar-refractivity contribution in [1.29, 1.82) is 5.26 Å². The van der Waals surface area contributed by atoms with Crippen molar-refractivity contribution in [3.63, 3.8) is 0 Å². The minimum Gasteiger partial charge on any atom is -0.488 e. The largest absolute Gasteiger partial charge is 0.488 e. The molecular formula is C19H26N4OS. The molecule has 1 aromatic heterocycles. The van der Waals surface area contributed by atoms with Crippen LogP contribution in [-0.2, 0) is 0 Å². The van der Waals surface area contributed by atoms with Gasteiger partial charge in [0.2, 0.25) is 0 Å². The molecule has 1 saturated heterocycles. The van der Waals surface area contributed by atoms with E-state index in [1.807, 2.05) is 12.1 Å². The number of H-pyrrole nitrogens is 1. The summed E-state index contributed by atoms with van der Waals surface area (Å²) >= 11 is 1.73. The molecule has 0 spiro atoms. The van der Waals surface area contributed by atoms with Gasteiger partial charge in [0, 0.05) is 23.9 Å². The highest BCUT2D eigenvalue weighted by molar-refractivity contribution is 8.00. The lowest BCUT2D eigenvalue weighted by Gasteiger charge is -2.19.